The molecule has 0 bridgehead atoms. The highest BCUT2D eigenvalue weighted by Crippen LogP contribution is 2.32. The van der Waals surface area contributed by atoms with Gasteiger partial charge >= 0.3 is 5.69 Å². The van der Waals surface area contributed by atoms with Crippen LogP contribution in [0.25, 0.3) is 11.1 Å². The van der Waals surface area contributed by atoms with Crippen molar-refractivity contribution in [3.05, 3.63) is 93.5 Å². The molecule has 1 amide bonds. The summed E-state index contributed by atoms with van der Waals surface area (Å²) < 4.78 is 5.94. The number of nitrogens with one attached hydrogen (secondary N) is 1. The van der Waals surface area contributed by atoms with E-state index in [0.29, 0.717) is 6.54 Å². The molecule has 3 aromatic rings. The molecule has 188 valence electrons. The van der Waals surface area contributed by atoms with Crippen molar-refractivity contribution < 1.29 is 19.6 Å². The zero-order valence-corrected chi connectivity index (χ0v) is 20.4. The van der Waals surface area contributed by atoms with E-state index in [1.807, 2.05) is 48.2 Å². The SMILES string of the molecule is Cc1c(COc2ccc(CN3CCCC3C(=O)NCCO)cc2[N+](=O)[O-])cccc1-c1ccccc1. The Balaban J connectivity index is 1.48. The second-order valence-electron chi connectivity index (χ2n) is 8.95. The van der Waals surface area contributed by atoms with E-state index in [-0.39, 0.29) is 43.1 Å². The van der Waals surface area contributed by atoms with Gasteiger partial charge in [0.2, 0.25) is 5.91 Å². The first-order chi connectivity index (χ1) is 17.5. The summed E-state index contributed by atoms with van der Waals surface area (Å²) in [4.78, 5) is 25.8. The molecule has 0 aromatic heterocycles. The van der Waals surface area contributed by atoms with Gasteiger partial charge in [-0.05, 0) is 60.2 Å². The van der Waals surface area contributed by atoms with Crippen LogP contribution in [0.5, 0.6) is 5.75 Å². The van der Waals surface area contributed by atoms with Gasteiger partial charge in [0.15, 0.2) is 5.75 Å². The van der Waals surface area contributed by atoms with Gasteiger partial charge in [-0.2, -0.15) is 0 Å². The lowest BCUT2D eigenvalue weighted by Crippen LogP contribution is -2.43. The molecule has 0 radical (unpaired) electrons. The van der Waals surface area contributed by atoms with Crippen molar-refractivity contribution >= 4 is 11.6 Å². The lowest BCUT2D eigenvalue weighted by atomic mass is 9.97. The molecule has 0 aliphatic carbocycles. The fourth-order valence-corrected chi connectivity index (χ4v) is 4.70. The highest BCUT2D eigenvalue weighted by molar-refractivity contribution is 5.82. The van der Waals surface area contributed by atoms with Gasteiger partial charge in [-0.1, -0.05) is 54.6 Å². The van der Waals surface area contributed by atoms with E-state index in [0.717, 1.165) is 47.2 Å². The molecular formula is C28H31N3O5. The molecule has 1 aliphatic heterocycles. The molecule has 8 nitrogen and oxygen atoms in total. The Morgan fingerprint density at radius 1 is 1.17 bits per heavy atom. The molecule has 1 aliphatic rings. The average Bonchev–Trinajstić information content (AvgIpc) is 3.35. The van der Waals surface area contributed by atoms with Gasteiger partial charge in [0.25, 0.3) is 0 Å². The van der Waals surface area contributed by atoms with Crippen molar-refractivity contribution in [2.75, 3.05) is 19.7 Å². The van der Waals surface area contributed by atoms with E-state index in [4.69, 9.17) is 9.84 Å². The molecule has 3 aromatic carbocycles. The van der Waals surface area contributed by atoms with Crippen LogP contribution in [-0.2, 0) is 17.9 Å². The van der Waals surface area contributed by atoms with Gasteiger partial charge in [0.05, 0.1) is 17.6 Å². The van der Waals surface area contributed by atoms with Crippen LogP contribution in [0.3, 0.4) is 0 Å². The largest absolute Gasteiger partial charge is 0.482 e. The predicted octanol–water partition coefficient (Wildman–Crippen LogP) is 4.22. The number of aliphatic hydroxyl groups is 1. The third-order valence-corrected chi connectivity index (χ3v) is 6.60. The number of likely N-dealkylation sites (tertiary alicyclic amines) is 1. The van der Waals surface area contributed by atoms with Crippen molar-refractivity contribution in [2.24, 2.45) is 0 Å². The monoisotopic (exact) mass is 489 g/mol. The molecule has 1 saturated heterocycles. The Labute approximate surface area is 210 Å². The number of aliphatic hydroxyl groups excluding tert-OH is 1. The Hall–Kier alpha value is -3.75. The van der Waals surface area contributed by atoms with Gasteiger partial charge in [-0.15, -0.1) is 0 Å². The number of nitrogens with zero attached hydrogens (tertiary/aromatic N) is 2. The highest BCUT2D eigenvalue weighted by atomic mass is 16.6. The van der Waals surface area contributed by atoms with Crippen molar-refractivity contribution in [3.8, 4) is 16.9 Å². The number of ether oxygens (including phenoxy) is 1. The molecule has 1 heterocycles. The molecule has 4 rings (SSSR count). The van der Waals surface area contributed by atoms with Gasteiger partial charge in [0.1, 0.15) is 6.61 Å². The van der Waals surface area contributed by atoms with Crippen LogP contribution in [0.2, 0.25) is 0 Å². The summed E-state index contributed by atoms with van der Waals surface area (Å²) >= 11 is 0. The Kier molecular flexibility index (Phi) is 8.30. The van der Waals surface area contributed by atoms with Crippen LogP contribution in [-0.4, -0.2) is 46.6 Å². The Morgan fingerprint density at radius 2 is 1.97 bits per heavy atom. The fraction of sp³-hybridized carbons (Fsp3) is 0.321. The minimum Gasteiger partial charge on any atom is -0.482 e. The minimum atomic E-state index is -0.429. The molecule has 36 heavy (non-hydrogen) atoms. The molecule has 1 atom stereocenters. The first-order valence-corrected chi connectivity index (χ1v) is 12.1. The molecule has 0 spiro atoms. The first-order valence-electron chi connectivity index (χ1n) is 12.1. The molecule has 1 unspecified atom stereocenters. The summed E-state index contributed by atoms with van der Waals surface area (Å²) in [5.74, 6) is 0.0935. The Bertz CT molecular complexity index is 1220. The lowest BCUT2D eigenvalue weighted by molar-refractivity contribution is -0.386. The maximum atomic E-state index is 12.4. The van der Waals surface area contributed by atoms with Gasteiger partial charge in [-0.25, -0.2) is 0 Å². The van der Waals surface area contributed by atoms with Crippen LogP contribution in [0.15, 0.2) is 66.7 Å². The summed E-state index contributed by atoms with van der Waals surface area (Å²) in [5, 5.41) is 23.5. The highest BCUT2D eigenvalue weighted by Gasteiger charge is 2.31. The van der Waals surface area contributed by atoms with Crippen molar-refractivity contribution in [3.63, 3.8) is 0 Å². The van der Waals surface area contributed by atoms with E-state index in [2.05, 4.69) is 23.5 Å². The third-order valence-electron chi connectivity index (χ3n) is 6.60. The number of benzene rings is 3. The van der Waals surface area contributed by atoms with E-state index in [9.17, 15) is 14.9 Å². The smallest absolute Gasteiger partial charge is 0.311 e. The zero-order valence-electron chi connectivity index (χ0n) is 20.4. The van der Waals surface area contributed by atoms with Crippen LogP contribution < -0.4 is 10.1 Å². The number of rotatable bonds is 10. The first kappa shape index (κ1) is 25.3. The van der Waals surface area contributed by atoms with Crippen LogP contribution in [0.4, 0.5) is 5.69 Å². The molecular weight excluding hydrogens is 458 g/mol. The number of hydrogen-bond acceptors (Lipinski definition) is 6. The zero-order chi connectivity index (χ0) is 25.5. The summed E-state index contributed by atoms with van der Waals surface area (Å²) in [5.41, 5.74) is 4.90. The van der Waals surface area contributed by atoms with E-state index in [1.54, 1.807) is 6.07 Å². The number of nitro benzene ring substituents is 1. The lowest BCUT2D eigenvalue weighted by Gasteiger charge is -2.23. The third kappa shape index (κ3) is 5.90. The minimum absolute atomic E-state index is 0.0927. The predicted molar refractivity (Wildman–Crippen MR) is 138 cm³/mol. The quantitative estimate of drug-likeness (QED) is 0.326. The van der Waals surface area contributed by atoms with Crippen LogP contribution in [0.1, 0.15) is 29.5 Å². The number of nitro groups is 1. The fourth-order valence-electron chi connectivity index (χ4n) is 4.70. The maximum absolute atomic E-state index is 12.4. The van der Waals surface area contributed by atoms with E-state index in [1.165, 1.54) is 6.07 Å². The van der Waals surface area contributed by atoms with Crippen LogP contribution in [0, 0.1) is 17.0 Å². The normalized spacial score (nSPS) is 15.6. The molecule has 2 N–H and O–H groups in total. The molecule has 8 heteroatoms. The number of amides is 1. The second-order valence-corrected chi connectivity index (χ2v) is 8.95. The average molecular weight is 490 g/mol. The maximum Gasteiger partial charge on any atom is 0.311 e. The molecule has 0 saturated carbocycles. The van der Waals surface area contributed by atoms with Crippen molar-refractivity contribution in [1.82, 2.24) is 10.2 Å². The summed E-state index contributed by atoms with van der Waals surface area (Å²) in [7, 11) is 0. The van der Waals surface area contributed by atoms with E-state index < -0.39 is 4.92 Å². The number of hydrogen-bond donors (Lipinski definition) is 2. The summed E-state index contributed by atoms with van der Waals surface area (Å²) in [6.45, 7) is 3.51. The van der Waals surface area contributed by atoms with Crippen molar-refractivity contribution in [2.45, 2.75) is 39.0 Å². The van der Waals surface area contributed by atoms with Gasteiger partial charge in [-0.3, -0.25) is 19.8 Å². The molecule has 1 fully saturated rings. The van der Waals surface area contributed by atoms with Crippen LogP contribution >= 0.6 is 0 Å². The topological polar surface area (TPSA) is 105 Å². The van der Waals surface area contributed by atoms with E-state index >= 15 is 0 Å². The second kappa shape index (κ2) is 11.8. The standard InChI is InChI=1S/C28H31N3O5/c1-20-23(9-5-10-24(20)22-7-3-2-4-8-22)19-36-27-13-12-21(17-26(27)31(34)35)18-30-15-6-11-25(30)28(33)29-14-16-32/h2-5,7-10,12-13,17,25,32H,6,11,14-16,18-19H2,1H3,(H,29,33). The van der Waals surface area contributed by atoms with Gasteiger partial charge < -0.3 is 15.2 Å². The Morgan fingerprint density at radius 3 is 2.72 bits per heavy atom. The van der Waals surface area contributed by atoms with Crippen molar-refractivity contribution in [1.29, 1.82) is 0 Å². The number of carbonyl (C=O) groups is 1. The summed E-state index contributed by atoms with van der Waals surface area (Å²) in [6, 6.07) is 20.8. The summed E-state index contributed by atoms with van der Waals surface area (Å²) in [6.07, 6.45) is 1.60. The van der Waals surface area contributed by atoms with Gasteiger partial charge in [0, 0.05) is 19.2 Å². The number of carbonyl (C=O) groups excluding carboxylic acids is 1.